The second kappa shape index (κ2) is 43.0. The van der Waals surface area contributed by atoms with E-state index in [1.165, 1.54) is 303 Å². The van der Waals surface area contributed by atoms with Crippen molar-refractivity contribution >= 4 is 0 Å². The molecule has 0 N–H and O–H groups in total. The Bertz CT molecular complexity index is 1590. The van der Waals surface area contributed by atoms with Crippen molar-refractivity contribution in [1.29, 1.82) is 0 Å². The largest absolute Gasteiger partial charge is 0.205 e. The van der Waals surface area contributed by atoms with Crippen LogP contribution in [-0.4, -0.2) is 0 Å². The lowest BCUT2D eigenvalue weighted by molar-refractivity contribution is -0.697. The van der Waals surface area contributed by atoms with Crippen LogP contribution in [0.25, 0.3) is 33.4 Å². The van der Waals surface area contributed by atoms with E-state index in [1.807, 2.05) is 0 Å². The van der Waals surface area contributed by atoms with Crippen molar-refractivity contribution < 1.29 is 13.7 Å². The number of benzene rings is 1. The Kier molecular flexibility index (Phi) is 36.5. The van der Waals surface area contributed by atoms with Crippen LogP contribution in [0, 0.1) is 0 Å². The fourth-order valence-corrected chi connectivity index (χ4v) is 11.0. The van der Waals surface area contributed by atoms with Gasteiger partial charge in [-0.1, -0.05) is 252 Å². The highest BCUT2D eigenvalue weighted by molar-refractivity contribution is 5.80. The van der Waals surface area contributed by atoms with Gasteiger partial charge in [-0.25, -0.2) is 13.7 Å². The van der Waals surface area contributed by atoms with Crippen molar-refractivity contribution in [3.63, 3.8) is 0 Å². The molecule has 4 rings (SSSR count). The molecule has 0 atom stereocenters. The third-order valence-corrected chi connectivity index (χ3v) is 15.9. The van der Waals surface area contributed by atoms with Crippen molar-refractivity contribution in [2.45, 2.75) is 310 Å². The highest BCUT2D eigenvalue weighted by Gasteiger charge is 2.12. The normalized spacial score (nSPS) is 11.5. The Morgan fingerprint density at radius 2 is 0.347 bits per heavy atom. The Hall–Kier alpha value is -3.33. The van der Waals surface area contributed by atoms with E-state index in [1.54, 1.807) is 0 Å². The van der Waals surface area contributed by atoms with E-state index in [-0.39, 0.29) is 0 Å². The predicted octanol–water partition coefficient (Wildman–Crippen LogP) is 21.0. The number of aromatic nitrogens is 3. The van der Waals surface area contributed by atoms with Gasteiger partial charge in [-0.15, -0.1) is 0 Å². The Balaban J connectivity index is 1.24. The highest BCUT2D eigenvalue weighted by Crippen LogP contribution is 2.32. The van der Waals surface area contributed by atoms with Crippen LogP contribution in [0.3, 0.4) is 0 Å². The molecule has 0 saturated heterocycles. The van der Waals surface area contributed by atoms with Crippen molar-refractivity contribution in [1.82, 2.24) is 0 Å². The maximum Gasteiger partial charge on any atom is 0.169 e. The lowest BCUT2D eigenvalue weighted by Crippen LogP contribution is -2.32. The van der Waals surface area contributed by atoms with Gasteiger partial charge in [0.1, 0.15) is 19.6 Å². The van der Waals surface area contributed by atoms with Crippen LogP contribution < -0.4 is 13.7 Å². The minimum Gasteiger partial charge on any atom is -0.205 e. The molecule has 0 unspecified atom stereocenters. The van der Waals surface area contributed by atoms with Gasteiger partial charge in [0.05, 0.1) is 0 Å². The Morgan fingerprint density at radius 1 is 0.194 bits per heavy atom. The van der Waals surface area contributed by atoms with Gasteiger partial charge in [0.15, 0.2) is 37.2 Å². The van der Waals surface area contributed by atoms with Gasteiger partial charge in [-0.3, -0.25) is 0 Å². The fourth-order valence-electron chi connectivity index (χ4n) is 11.0. The summed E-state index contributed by atoms with van der Waals surface area (Å²) < 4.78 is 7.20. The molecule has 3 nitrogen and oxygen atoms in total. The maximum atomic E-state index is 2.42. The van der Waals surface area contributed by atoms with Gasteiger partial charge >= 0.3 is 0 Å². The number of pyridine rings is 3. The number of nitrogens with zero attached hydrogens (tertiary/aromatic N) is 3. The summed E-state index contributed by atoms with van der Waals surface area (Å²) in [5.41, 5.74) is 7.77. The second-order valence-corrected chi connectivity index (χ2v) is 22.6. The van der Waals surface area contributed by atoms with Crippen molar-refractivity contribution in [3.8, 4) is 33.4 Å². The first-order chi connectivity index (χ1) is 35.7. The first-order valence-corrected chi connectivity index (χ1v) is 31.8. The number of aryl methyl sites for hydroxylation is 3. The predicted molar refractivity (Wildman–Crippen MR) is 314 cm³/mol. The molecule has 0 aliphatic carbocycles. The summed E-state index contributed by atoms with van der Waals surface area (Å²) in [6.45, 7) is 10.2. The summed E-state index contributed by atoms with van der Waals surface area (Å²) in [5, 5.41) is 0. The van der Waals surface area contributed by atoms with Crippen LogP contribution >= 0.6 is 0 Å². The average Bonchev–Trinajstić information content (AvgIpc) is 3.41. The molecule has 0 spiro atoms. The zero-order valence-electron chi connectivity index (χ0n) is 47.8. The Labute approximate surface area is 446 Å². The lowest BCUT2D eigenvalue weighted by atomic mass is 9.94. The maximum absolute atomic E-state index is 2.42. The molecule has 0 fully saturated rings. The van der Waals surface area contributed by atoms with Gasteiger partial charge < -0.3 is 0 Å². The van der Waals surface area contributed by atoms with E-state index >= 15 is 0 Å². The average molecular weight is 986 g/mol. The zero-order valence-corrected chi connectivity index (χ0v) is 47.8. The molecule has 0 aliphatic rings. The third-order valence-electron chi connectivity index (χ3n) is 15.9. The molecule has 72 heavy (non-hydrogen) atoms. The van der Waals surface area contributed by atoms with Gasteiger partial charge in [0, 0.05) is 55.7 Å². The summed E-state index contributed by atoms with van der Waals surface area (Å²) in [7, 11) is 0. The summed E-state index contributed by atoms with van der Waals surface area (Å²) in [6, 6.07) is 21.3. The molecule has 0 saturated carbocycles. The van der Waals surface area contributed by atoms with Crippen LogP contribution in [0.4, 0.5) is 0 Å². The zero-order chi connectivity index (χ0) is 50.6. The van der Waals surface area contributed by atoms with Gasteiger partial charge in [-0.05, 0) is 70.8 Å². The second-order valence-electron chi connectivity index (χ2n) is 22.6. The number of hydrogen-bond donors (Lipinski definition) is 0. The summed E-state index contributed by atoms with van der Waals surface area (Å²) in [4.78, 5) is 0. The smallest absolute Gasteiger partial charge is 0.169 e. The molecule has 3 aromatic heterocycles. The third kappa shape index (κ3) is 29.5. The molecule has 0 aliphatic heterocycles. The number of unbranched alkanes of at least 4 members (excludes halogenated alkanes) is 39. The minimum atomic E-state index is 1.11. The monoisotopic (exact) mass is 985 g/mol. The lowest BCUT2D eigenvalue weighted by Gasteiger charge is -2.11. The molecule has 3 heteroatoms. The van der Waals surface area contributed by atoms with E-state index in [4.69, 9.17) is 0 Å². The van der Waals surface area contributed by atoms with Crippen molar-refractivity contribution in [3.05, 3.63) is 91.8 Å². The quantitative estimate of drug-likeness (QED) is 0.0309. The summed E-state index contributed by atoms with van der Waals surface area (Å²) in [5.74, 6) is 0. The van der Waals surface area contributed by atoms with Crippen LogP contribution in [0.5, 0.6) is 0 Å². The van der Waals surface area contributed by atoms with Crippen LogP contribution in [0.2, 0.25) is 0 Å². The minimum absolute atomic E-state index is 1.11. The fraction of sp³-hybridized carbons (Fsp3) is 0.696. The molecule has 3 heterocycles. The van der Waals surface area contributed by atoms with Crippen molar-refractivity contribution in [2.75, 3.05) is 0 Å². The van der Waals surface area contributed by atoms with Gasteiger partial charge in [0.2, 0.25) is 0 Å². The first-order valence-electron chi connectivity index (χ1n) is 31.8. The van der Waals surface area contributed by atoms with Crippen LogP contribution in [0.15, 0.2) is 91.8 Å². The van der Waals surface area contributed by atoms with E-state index in [0.29, 0.717) is 0 Å². The standard InChI is InChI=1S/C69H114N3/c1-4-7-10-13-16-19-22-25-28-31-34-37-40-43-52-70-55-46-64(47-56-70)67-61-68(65-48-57-71(58-49-65)53-44-41-38-35-32-29-26-23-20-17-14-11-8-5-2)63-69(62-67)66-50-59-72(60-51-66)54-45-42-39-36-33-30-27-24-21-18-15-12-9-6-3/h46-51,55-63H,4-45,52-54H2,1-3H3/q+3. The van der Waals surface area contributed by atoms with E-state index < -0.39 is 0 Å². The number of rotatable bonds is 48. The van der Waals surface area contributed by atoms with E-state index in [9.17, 15) is 0 Å². The SMILES string of the molecule is CCCCCCCCCCCCCCCC[n+]1ccc(-c2cc(-c3cc[n+](CCCCCCCCCCCCCCCC)cc3)cc(-c3cc[n+](CCCCCCCCCCCCCCCC)cc3)c2)cc1. The van der Waals surface area contributed by atoms with Crippen molar-refractivity contribution in [2.24, 2.45) is 0 Å². The van der Waals surface area contributed by atoms with Crippen LogP contribution in [-0.2, 0) is 19.6 Å². The van der Waals surface area contributed by atoms with Gasteiger partial charge in [-0.2, -0.15) is 0 Å². The molecule has 402 valence electrons. The molecule has 1 aromatic carbocycles. The van der Waals surface area contributed by atoms with Gasteiger partial charge in [0.25, 0.3) is 0 Å². The molecule has 4 aromatic rings. The van der Waals surface area contributed by atoms with Crippen LogP contribution in [0.1, 0.15) is 290 Å². The Morgan fingerprint density at radius 3 is 0.514 bits per heavy atom. The molecule has 0 radical (unpaired) electrons. The molecule has 0 amide bonds. The topological polar surface area (TPSA) is 11.6 Å². The summed E-state index contributed by atoms with van der Waals surface area (Å²) in [6.07, 6.45) is 73.0. The summed E-state index contributed by atoms with van der Waals surface area (Å²) >= 11 is 0. The molecular weight excluding hydrogens is 871 g/mol. The highest BCUT2D eigenvalue weighted by atomic mass is 14.9. The van der Waals surface area contributed by atoms with E-state index in [2.05, 4.69) is 126 Å². The first kappa shape index (κ1) is 61.2. The number of hydrogen-bond acceptors (Lipinski definition) is 0. The van der Waals surface area contributed by atoms with E-state index in [0.717, 1.165) is 19.6 Å². The molecule has 0 bridgehead atoms. The molecular formula is C69H114N3+3.